The minimum atomic E-state index is 0. The van der Waals surface area contributed by atoms with Crippen molar-refractivity contribution in [2.45, 2.75) is 77.0 Å². The molecule has 1 radical (unpaired) electrons. The summed E-state index contributed by atoms with van der Waals surface area (Å²) in [5, 5.41) is 0. The molecule has 16 heavy (non-hydrogen) atoms. The van der Waals surface area contributed by atoms with Crippen LogP contribution in [0.4, 0.5) is 0 Å². The molecule has 0 bridgehead atoms. The maximum atomic E-state index is 1.50. The summed E-state index contributed by atoms with van der Waals surface area (Å²) in [5.74, 6) is 0. The van der Waals surface area contributed by atoms with Crippen LogP contribution in [0, 0.1) is 14.9 Å². The average Bonchev–Trinajstić information content (AvgIpc) is 2.05. The van der Waals surface area contributed by atoms with E-state index in [2.05, 4.69) is 0 Å². The third-order valence-electron chi connectivity index (χ3n) is 3.00. The number of rotatable bonds is 0. The second-order valence-electron chi connectivity index (χ2n) is 4.24. The van der Waals surface area contributed by atoms with Crippen LogP contribution < -0.4 is 0 Å². The summed E-state index contributed by atoms with van der Waals surface area (Å²) in [7, 11) is 0. The van der Waals surface area contributed by atoms with Gasteiger partial charge in [0.15, 0.2) is 0 Å². The van der Waals surface area contributed by atoms with Crippen molar-refractivity contribution in [2.24, 2.45) is 0 Å². The quantitative estimate of drug-likeness (QED) is 0.363. The zero-order valence-corrected chi connectivity index (χ0v) is 13.1. The van der Waals surface area contributed by atoms with Gasteiger partial charge < -0.3 is 21.0 Å². The first-order valence-corrected chi connectivity index (χ1v) is 6.00. The third kappa shape index (κ3) is 17.1. The third-order valence-corrected chi connectivity index (χ3v) is 3.00. The fourth-order valence-corrected chi connectivity index (χ4v) is 2.12. The van der Waals surface area contributed by atoms with Gasteiger partial charge in [-0.05, 0) is 0 Å². The first kappa shape index (κ1) is 25.5. The Balaban J connectivity index is -0.000000180. The van der Waals surface area contributed by atoms with Gasteiger partial charge >= 0.3 is 21.7 Å². The molecule has 1 fully saturated rings. The average molecular weight is 262 g/mol. The van der Waals surface area contributed by atoms with Crippen LogP contribution >= 0.6 is 0 Å². The molecule has 0 spiro atoms. The summed E-state index contributed by atoms with van der Waals surface area (Å²) in [4.78, 5) is 0. The molecule has 0 aromatic heterocycles. The number of nitrogens with two attached hydrogens (primary N) is 1. The molecule has 1 saturated carbocycles. The van der Waals surface area contributed by atoms with E-state index in [-0.39, 0.29) is 42.7 Å². The smallest absolute Gasteiger partial charge is 0.693 e. The minimum Gasteiger partial charge on any atom is -0.693 e. The van der Waals surface area contributed by atoms with Crippen molar-refractivity contribution >= 4 is 0 Å². The standard InChI is InChI=1S/C12H24.2CH3.H2N.Ti/c1-2-4-6-8-10-12-11-9-7-5-3-1;;;;/h1-12H2;2*1H3;1H2;/q;3*-1;+3. The first-order valence-electron chi connectivity index (χ1n) is 6.00. The minimum absolute atomic E-state index is 0. The summed E-state index contributed by atoms with van der Waals surface area (Å²) in [5.41, 5.74) is 0. The molecule has 97 valence electrons. The van der Waals surface area contributed by atoms with Gasteiger partial charge in [-0.1, -0.05) is 77.0 Å². The van der Waals surface area contributed by atoms with E-state index in [0.717, 1.165) is 0 Å². The molecule has 0 heterocycles. The van der Waals surface area contributed by atoms with E-state index in [1.165, 1.54) is 77.0 Å². The van der Waals surface area contributed by atoms with E-state index in [1.807, 2.05) is 0 Å². The van der Waals surface area contributed by atoms with Gasteiger partial charge in [-0.2, -0.15) is 0 Å². The van der Waals surface area contributed by atoms with Gasteiger partial charge in [0.05, 0.1) is 0 Å². The monoisotopic (exact) mass is 262 g/mol. The van der Waals surface area contributed by atoms with Crippen molar-refractivity contribution in [2.75, 3.05) is 0 Å². The molecule has 1 aliphatic carbocycles. The van der Waals surface area contributed by atoms with Gasteiger partial charge in [-0.3, -0.25) is 0 Å². The van der Waals surface area contributed by atoms with Crippen molar-refractivity contribution in [1.29, 1.82) is 0 Å². The molecule has 1 nitrogen and oxygen atoms in total. The Bertz CT molecular complexity index is 53.7. The number of hydrogen-bond acceptors (Lipinski definition) is 0. The van der Waals surface area contributed by atoms with Gasteiger partial charge in [-0.25, -0.2) is 0 Å². The van der Waals surface area contributed by atoms with E-state index in [4.69, 9.17) is 0 Å². The van der Waals surface area contributed by atoms with E-state index < -0.39 is 0 Å². The van der Waals surface area contributed by atoms with Crippen molar-refractivity contribution in [1.82, 2.24) is 0 Å². The van der Waals surface area contributed by atoms with E-state index in [0.29, 0.717) is 0 Å². The molecule has 1 rings (SSSR count). The van der Waals surface area contributed by atoms with Gasteiger partial charge in [0.2, 0.25) is 0 Å². The SMILES string of the molecule is C1CCCCCCCCCCC1.[CH3-].[CH3-].[NH2-].[Ti+3]. The Morgan fingerprint density at radius 2 is 0.375 bits per heavy atom. The Labute approximate surface area is 120 Å². The van der Waals surface area contributed by atoms with Crippen molar-refractivity contribution in [3.05, 3.63) is 21.0 Å². The summed E-state index contributed by atoms with van der Waals surface area (Å²) in [6.45, 7) is 0. The normalized spacial score (nSPS) is 18.0. The molecule has 0 atom stereocenters. The topological polar surface area (TPSA) is 33.5 Å². The van der Waals surface area contributed by atoms with Gasteiger partial charge in [0, 0.05) is 0 Å². The van der Waals surface area contributed by atoms with Crippen LogP contribution in [0.25, 0.3) is 6.15 Å². The van der Waals surface area contributed by atoms with Crippen LogP contribution in [-0.4, -0.2) is 0 Å². The Morgan fingerprint density at radius 1 is 0.312 bits per heavy atom. The molecular formula is C14H32NTi. The fraction of sp³-hybridized carbons (Fsp3) is 0.857. The molecule has 0 aromatic rings. The number of hydrogen-bond donors (Lipinski definition) is 0. The fourth-order valence-electron chi connectivity index (χ4n) is 2.12. The van der Waals surface area contributed by atoms with Gasteiger partial charge in [-0.15, -0.1) is 0 Å². The Hall–Kier alpha value is 0.674. The van der Waals surface area contributed by atoms with Crippen LogP contribution in [0.2, 0.25) is 0 Å². The van der Waals surface area contributed by atoms with E-state index >= 15 is 0 Å². The molecule has 2 N–H and O–H groups in total. The van der Waals surface area contributed by atoms with Gasteiger partial charge in [0.25, 0.3) is 0 Å². The van der Waals surface area contributed by atoms with Crippen LogP contribution in [-0.2, 0) is 21.7 Å². The molecule has 0 aromatic carbocycles. The molecule has 0 amide bonds. The van der Waals surface area contributed by atoms with E-state index in [9.17, 15) is 0 Å². The molecule has 1 aliphatic rings. The summed E-state index contributed by atoms with van der Waals surface area (Å²) in [6, 6.07) is 0. The molecule has 0 aliphatic heterocycles. The molecular weight excluding hydrogens is 230 g/mol. The van der Waals surface area contributed by atoms with Gasteiger partial charge in [0.1, 0.15) is 0 Å². The molecule has 0 unspecified atom stereocenters. The van der Waals surface area contributed by atoms with Crippen molar-refractivity contribution in [3.8, 4) is 0 Å². The van der Waals surface area contributed by atoms with Crippen LogP contribution in [0.15, 0.2) is 0 Å². The zero-order chi connectivity index (χ0) is 8.49. The Kier molecular flexibility index (Phi) is 33.5. The predicted molar refractivity (Wildman–Crippen MR) is 73.5 cm³/mol. The Morgan fingerprint density at radius 3 is 0.438 bits per heavy atom. The maximum Gasteiger partial charge on any atom is 3.00 e. The second-order valence-corrected chi connectivity index (χ2v) is 4.24. The summed E-state index contributed by atoms with van der Waals surface area (Å²) in [6.07, 6.45) is 18.0. The predicted octanol–water partition coefficient (Wildman–Crippen LogP) is 6.30. The van der Waals surface area contributed by atoms with Crippen LogP contribution in [0.3, 0.4) is 0 Å². The van der Waals surface area contributed by atoms with Crippen LogP contribution in [0.1, 0.15) is 77.0 Å². The summed E-state index contributed by atoms with van der Waals surface area (Å²) < 4.78 is 0. The zero-order valence-electron chi connectivity index (χ0n) is 11.6. The first-order chi connectivity index (χ1) is 6.00. The maximum absolute atomic E-state index is 1.50. The molecule has 2 heteroatoms. The van der Waals surface area contributed by atoms with Crippen molar-refractivity contribution in [3.63, 3.8) is 0 Å². The van der Waals surface area contributed by atoms with Crippen molar-refractivity contribution < 1.29 is 21.7 Å². The molecule has 0 saturated heterocycles. The second kappa shape index (κ2) is 21.0. The van der Waals surface area contributed by atoms with E-state index in [1.54, 1.807) is 0 Å². The largest absolute Gasteiger partial charge is 3.00 e. The summed E-state index contributed by atoms with van der Waals surface area (Å²) >= 11 is 0. The van der Waals surface area contributed by atoms with Crippen LogP contribution in [0.5, 0.6) is 0 Å².